The molecule has 9 heteroatoms. The molecular formula is C17H18N2O5S2. The van der Waals surface area contributed by atoms with Gasteiger partial charge >= 0.3 is 0 Å². The van der Waals surface area contributed by atoms with Gasteiger partial charge in [0.05, 0.1) is 16.4 Å². The number of likely N-dealkylation sites (N-methyl/N-ethyl adjacent to an activating group) is 1. The van der Waals surface area contributed by atoms with Crippen molar-refractivity contribution < 1.29 is 22.8 Å². The van der Waals surface area contributed by atoms with Crippen molar-refractivity contribution in [2.75, 3.05) is 25.1 Å². The van der Waals surface area contributed by atoms with Crippen LogP contribution in [-0.4, -0.2) is 66.4 Å². The molecule has 0 bridgehead atoms. The van der Waals surface area contributed by atoms with Crippen LogP contribution in [0.2, 0.25) is 0 Å². The van der Waals surface area contributed by atoms with Gasteiger partial charge in [0, 0.05) is 13.1 Å². The lowest BCUT2D eigenvalue weighted by Crippen LogP contribution is -2.45. The molecule has 2 aliphatic rings. The number of carbonyl (C=O) groups is 3. The Labute approximate surface area is 155 Å². The Balaban J connectivity index is 1.68. The number of sulfone groups is 1. The minimum atomic E-state index is -3.12. The molecule has 7 nitrogen and oxygen atoms in total. The van der Waals surface area contributed by atoms with Crippen molar-refractivity contribution in [1.29, 1.82) is 0 Å². The fourth-order valence-electron chi connectivity index (χ4n) is 2.87. The first-order chi connectivity index (χ1) is 12.3. The molecule has 2 saturated heterocycles. The molecule has 0 radical (unpaired) electrons. The summed E-state index contributed by atoms with van der Waals surface area (Å²) in [6, 6.07) is 8.71. The van der Waals surface area contributed by atoms with E-state index in [1.165, 1.54) is 11.9 Å². The Bertz CT molecular complexity index is 880. The van der Waals surface area contributed by atoms with E-state index in [0.29, 0.717) is 6.42 Å². The second kappa shape index (κ2) is 7.24. The molecule has 2 aliphatic heterocycles. The average molecular weight is 394 g/mol. The Morgan fingerprint density at radius 1 is 1.31 bits per heavy atom. The van der Waals surface area contributed by atoms with Gasteiger partial charge in [0.1, 0.15) is 6.54 Å². The third-order valence-corrected chi connectivity index (χ3v) is 7.07. The second-order valence-corrected chi connectivity index (χ2v) is 9.46. The van der Waals surface area contributed by atoms with Crippen molar-refractivity contribution in [3.8, 4) is 0 Å². The molecule has 1 aromatic carbocycles. The maximum absolute atomic E-state index is 12.5. The monoisotopic (exact) mass is 394 g/mol. The van der Waals surface area contributed by atoms with E-state index in [1.54, 1.807) is 6.08 Å². The van der Waals surface area contributed by atoms with Crippen LogP contribution < -0.4 is 0 Å². The van der Waals surface area contributed by atoms with Gasteiger partial charge in [-0.1, -0.05) is 30.3 Å². The normalized spacial score (nSPS) is 23.7. The number of hydrogen-bond acceptors (Lipinski definition) is 6. The van der Waals surface area contributed by atoms with E-state index in [9.17, 15) is 22.8 Å². The van der Waals surface area contributed by atoms with Crippen LogP contribution in [0.3, 0.4) is 0 Å². The first-order valence-electron chi connectivity index (χ1n) is 8.03. The van der Waals surface area contributed by atoms with Crippen LogP contribution in [-0.2, 0) is 19.4 Å². The van der Waals surface area contributed by atoms with E-state index in [4.69, 9.17) is 0 Å². The first kappa shape index (κ1) is 18.7. The van der Waals surface area contributed by atoms with Gasteiger partial charge in [-0.3, -0.25) is 19.3 Å². The van der Waals surface area contributed by atoms with Gasteiger partial charge in [-0.05, 0) is 29.8 Å². The van der Waals surface area contributed by atoms with Crippen LogP contribution in [0.1, 0.15) is 12.0 Å². The molecule has 26 heavy (non-hydrogen) atoms. The lowest BCUT2D eigenvalue weighted by atomic mass is 10.2. The molecule has 1 aromatic rings. The summed E-state index contributed by atoms with van der Waals surface area (Å²) >= 11 is 0.794. The molecule has 0 spiro atoms. The molecule has 138 valence electrons. The largest absolute Gasteiger partial charge is 0.340 e. The number of hydrogen-bond donors (Lipinski definition) is 0. The van der Waals surface area contributed by atoms with Gasteiger partial charge in [-0.15, -0.1) is 0 Å². The molecule has 0 saturated carbocycles. The maximum atomic E-state index is 12.5. The summed E-state index contributed by atoms with van der Waals surface area (Å²) in [7, 11) is -1.61. The smallest absolute Gasteiger partial charge is 0.294 e. The molecule has 0 N–H and O–H groups in total. The van der Waals surface area contributed by atoms with E-state index in [-0.39, 0.29) is 23.0 Å². The SMILES string of the molecule is CN(C(=O)CN1C(=O)S/C(=C/c2ccccc2)C1=O)[C@H]1CCS(=O)(=O)C1. The van der Waals surface area contributed by atoms with E-state index in [2.05, 4.69) is 0 Å². The molecule has 0 aliphatic carbocycles. The number of thioether (sulfide) groups is 1. The number of benzene rings is 1. The van der Waals surface area contributed by atoms with Crippen LogP contribution in [0, 0.1) is 0 Å². The summed E-state index contributed by atoms with van der Waals surface area (Å²) in [5.41, 5.74) is 0.789. The van der Waals surface area contributed by atoms with Crippen LogP contribution in [0.25, 0.3) is 6.08 Å². The number of amides is 3. The number of carbonyl (C=O) groups excluding carboxylic acids is 3. The van der Waals surface area contributed by atoms with Gasteiger partial charge in [0.15, 0.2) is 9.84 Å². The lowest BCUT2D eigenvalue weighted by molar-refractivity contribution is -0.136. The lowest BCUT2D eigenvalue weighted by Gasteiger charge is -2.25. The highest BCUT2D eigenvalue weighted by atomic mass is 32.2. The maximum Gasteiger partial charge on any atom is 0.294 e. The van der Waals surface area contributed by atoms with Gasteiger partial charge in [-0.25, -0.2) is 8.42 Å². The zero-order valence-corrected chi connectivity index (χ0v) is 15.8. The summed E-state index contributed by atoms with van der Waals surface area (Å²) in [5, 5.41) is -0.502. The molecule has 1 atom stereocenters. The predicted octanol–water partition coefficient (Wildman–Crippen LogP) is 1.37. The van der Waals surface area contributed by atoms with Crippen LogP contribution in [0.5, 0.6) is 0 Å². The Hall–Kier alpha value is -2.13. The Morgan fingerprint density at radius 2 is 2.00 bits per heavy atom. The van der Waals surface area contributed by atoms with Gasteiger partial charge in [0.25, 0.3) is 11.1 Å². The summed E-state index contributed by atoms with van der Waals surface area (Å²) in [5.74, 6) is -0.984. The highest BCUT2D eigenvalue weighted by Crippen LogP contribution is 2.32. The molecule has 2 heterocycles. The topological polar surface area (TPSA) is 91.8 Å². The van der Waals surface area contributed by atoms with Crippen molar-refractivity contribution in [3.05, 3.63) is 40.8 Å². The molecular weight excluding hydrogens is 376 g/mol. The predicted molar refractivity (Wildman–Crippen MR) is 98.9 cm³/mol. The second-order valence-electron chi connectivity index (χ2n) is 6.24. The highest BCUT2D eigenvalue weighted by molar-refractivity contribution is 8.18. The van der Waals surface area contributed by atoms with E-state index >= 15 is 0 Å². The van der Waals surface area contributed by atoms with Crippen molar-refractivity contribution in [2.24, 2.45) is 0 Å². The minimum absolute atomic E-state index is 0.0523. The summed E-state index contributed by atoms with van der Waals surface area (Å²) < 4.78 is 23.1. The zero-order valence-electron chi connectivity index (χ0n) is 14.1. The fraction of sp³-hybridized carbons (Fsp3) is 0.353. The van der Waals surface area contributed by atoms with E-state index < -0.39 is 32.9 Å². The highest BCUT2D eigenvalue weighted by Gasteiger charge is 2.39. The molecule has 3 amide bonds. The molecule has 0 unspecified atom stereocenters. The quantitative estimate of drug-likeness (QED) is 0.716. The van der Waals surface area contributed by atoms with Crippen LogP contribution in [0.4, 0.5) is 4.79 Å². The van der Waals surface area contributed by atoms with Gasteiger partial charge in [-0.2, -0.15) is 0 Å². The molecule has 0 aromatic heterocycles. The summed E-state index contributed by atoms with van der Waals surface area (Å²) in [6.45, 7) is -0.385. The third-order valence-electron chi connectivity index (χ3n) is 4.41. The number of imide groups is 1. The van der Waals surface area contributed by atoms with E-state index in [1.807, 2.05) is 30.3 Å². The zero-order chi connectivity index (χ0) is 18.9. The standard InChI is InChI=1S/C17H18N2O5S2/c1-18(13-7-8-26(23,24)11-13)15(20)10-19-16(21)14(25-17(19)22)9-12-5-3-2-4-6-12/h2-6,9,13H,7-8,10-11H2,1H3/b14-9+/t13-/m0/s1. The first-order valence-corrected chi connectivity index (χ1v) is 10.7. The number of rotatable bonds is 4. The summed E-state index contributed by atoms with van der Waals surface area (Å²) in [4.78, 5) is 39.5. The Kier molecular flexibility index (Phi) is 5.19. The Morgan fingerprint density at radius 3 is 2.62 bits per heavy atom. The van der Waals surface area contributed by atoms with Crippen molar-refractivity contribution in [1.82, 2.24) is 9.80 Å². The van der Waals surface area contributed by atoms with E-state index in [0.717, 1.165) is 22.2 Å². The summed E-state index contributed by atoms with van der Waals surface area (Å²) in [6.07, 6.45) is 1.99. The van der Waals surface area contributed by atoms with Gasteiger partial charge < -0.3 is 4.90 Å². The van der Waals surface area contributed by atoms with Gasteiger partial charge in [0.2, 0.25) is 5.91 Å². The third kappa shape index (κ3) is 3.99. The van der Waals surface area contributed by atoms with Crippen LogP contribution >= 0.6 is 11.8 Å². The number of nitrogens with zero attached hydrogens (tertiary/aromatic N) is 2. The van der Waals surface area contributed by atoms with Crippen molar-refractivity contribution in [2.45, 2.75) is 12.5 Å². The minimum Gasteiger partial charge on any atom is -0.340 e. The fourth-order valence-corrected chi connectivity index (χ4v) is 5.48. The average Bonchev–Trinajstić information content (AvgIpc) is 3.09. The molecule has 2 fully saturated rings. The molecule has 3 rings (SSSR count). The van der Waals surface area contributed by atoms with Crippen molar-refractivity contribution >= 4 is 44.7 Å². The van der Waals surface area contributed by atoms with Crippen LogP contribution in [0.15, 0.2) is 35.2 Å². The van der Waals surface area contributed by atoms with Crippen molar-refractivity contribution in [3.63, 3.8) is 0 Å².